The van der Waals surface area contributed by atoms with E-state index in [0.29, 0.717) is 6.04 Å². The van der Waals surface area contributed by atoms with Crippen molar-refractivity contribution in [2.75, 3.05) is 13.1 Å². The minimum absolute atomic E-state index is 0.591. The topological polar surface area (TPSA) is 3.24 Å². The summed E-state index contributed by atoms with van der Waals surface area (Å²) in [4.78, 5) is 2.52. The van der Waals surface area contributed by atoms with Crippen LogP contribution in [0.3, 0.4) is 0 Å². The maximum absolute atomic E-state index is 5.34. The first kappa shape index (κ1) is 11.2. The Morgan fingerprint density at radius 1 is 1.50 bits per heavy atom. The van der Waals surface area contributed by atoms with Gasteiger partial charge in [0.05, 0.1) is 0 Å². The molecule has 2 rings (SSSR count). The molecule has 0 unspecified atom stereocenters. The third kappa shape index (κ3) is 2.46. The predicted octanol–water partition coefficient (Wildman–Crippen LogP) is 3.16. The molecule has 0 bridgehead atoms. The maximum atomic E-state index is 5.34. The molecule has 1 aromatic rings. The largest absolute Gasteiger partial charge is 0.295 e. The molecule has 1 heteroatoms. The van der Waals surface area contributed by atoms with Crippen molar-refractivity contribution in [3.05, 3.63) is 35.4 Å². The quantitative estimate of drug-likeness (QED) is 0.697. The van der Waals surface area contributed by atoms with Crippen molar-refractivity contribution in [2.45, 2.75) is 32.2 Å². The van der Waals surface area contributed by atoms with E-state index in [1.54, 1.807) is 0 Å². The summed E-state index contributed by atoms with van der Waals surface area (Å²) in [6.07, 6.45) is 8.77. The van der Waals surface area contributed by atoms with Crippen molar-refractivity contribution >= 4 is 0 Å². The van der Waals surface area contributed by atoms with Crippen LogP contribution in [0.25, 0.3) is 0 Å². The molecule has 1 fully saturated rings. The second-order valence-electron chi connectivity index (χ2n) is 4.56. The molecule has 0 spiro atoms. The molecule has 0 saturated carbocycles. The van der Waals surface area contributed by atoms with E-state index in [1.807, 2.05) is 0 Å². The lowest BCUT2D eigenvalue weighted by atomic mass is 10.0. The summed E-state index contributed by atoms with van der Waals surface area (Å²) in [6, 6.07) is 9.45. The van der Waals surface area contributed by atoms with Gasteiger partial charge in [0.15, 0.2) is 0 Å². The lowest BCUT2D eigenvalue weighted by Gasteiger charge is -2.24. The molecule has 1 aliphatic rings. The van der Waals surface area contributed by atoms with Crippen molar-refractivity contribution in [2.24, 2.45) is 0 Å². The summed E-state index contributed by atoms with van der Waals surface area (Å²) < 4.78 is 0. The molecule has 1 nitrogen and oxygen atoms in total. The molecule has 16 heavy (non-hydrogen) atoms. The van der Waals surface area contributed by atoms with Gasteiger partial charge in [0.25, 0.3) is 0 Å². The molecule has 0 radical (unpaired) electrons. The van der Waals surface area contributed by atoms with Gasteiger partial charge in [0, 0.05) is 19.0 Å². The fraction of sp³-hybridized carbons (Fsp3) is 0.467. The predicted molar refractivity (Wildman–Crippen MR) is 68.2 cm³/mol. The third-order valence-corrected chi connectivity index (χ3v) is 3.33. The highest BCUT2D eigenvalue weighted by Crippen LogP contribution is 2.31. The Hall–Kier alpha value is -1.26. The lowest BCUT2D eigenvalue weighted by Crippen LogP contribution is -2.24. The third-order valence-electron chi connectivity index (χ3n) is 3.33. The first-order chi connectivity index (χ1) is 7.81. The van der Waals surface area contributed by atoms with Crippen LogP contribution in [0.4, 0.5) is 0 Å². The first-order valence-electron chi connectivity index (χ1n) is 6.05. The zero-order chi connectivity index (χ0) is 11.4. The second kappa shape index (κ2) is 5.18. The maximum Gasteiger partial charge on any atom is 0.0349 e. The van der Waals surface area contributed by atoms with E-state index in [2.05, 4.69) is 42.0 Å². The van der Waals surface area contributed by atoms with E-state index in [0.717, 1.165) is 13.0 Å². The minimum atomic E-state index is 0.591. The Bertz CT molecular complexity index is 389. The van der Waals surface area contributed by atoms with Crippen molar-refractivity contribution in [1.82, 2.24) is 4.90 Å². The zero-order valence-electron chi connectivity index (χ0n) is 9.95. The molecule has 1 aromatic carbocycles. The Labute approximate surface area is 98.5 Å². The monoisotopic (exact) mass is 213 g/mol. The van der Waals surface area contributed by atoms with Gasteiger partial charge in [0.1, 0.15) is 0 Å². The van der Waals surface area contributed by atoms with E-state index < -0.39 is 0 Å². The number of benzene rings is 1. The van der Waals surface area contributed by atoms with Gasteiger partial charge in [-0.1, -0.05) is 29.8 Å². The van der Waals surface area contributed by atoms with Crippen molar-refractivity contribution < 1.29 is 0 Å². The normalized spacial score (nSPS) is 20.9. The minimum Gasteiger partial charge on any atom is -0.295 e. The lowest BCUT2D eigenvalue weighted by molar-refractivity contribution is 0.263. The number of hydrogen-bond donors (Lipinski definition) is 0. The summed E-state index contributed by atoms with van der Waals surface area (Å²) in [5.74, 6) is 2.74. The summed E-state index contributed by atoms with van der Waals surface area (Å²) in [7, 11) is 0. The van der Waals surface area contributed by atoms with Crippen LogP contribution in [0.1, 0.15) is 36.4 Å². The zero-order valence-corrected chi connectivity index (χ0v) is 9.95. The van der Waals surface area contributed by atoms with Gasteiger partial charge in [0.2, 0.25) is 0 Å². The highest BCUT2D eigenvalue weighted by atomic mass is 15.2. The van der Waals surface area contributed by atoms with E-state index in [-0.39, 0.29) is 0 Å². The smallest absolute Gasteiger partial charge is 0.0349 e. The molecule has 0 aromatic heterocycles. The van der Waals surface area contributed by atoms with Gasteiger partial charge in [-0.2, -0.15) is 0 Å². The molecule has 0 amide bonds. The standard InChI is InChI=1S/C15H19N/c1-3-4-10-16-11-6-9-15(16)14-8-5-7-13(2)12-14/h1,5,7-8,12,15H,4,6,9-11H2,2H3/t15-/m1/s1. The molecule has 0 N–H and O–H groups in total. The van der Waals surface area contributed by atoms with E-state index in [9.17, 15) is 0 Å². The van der Waals surface area contributed by atoms with Gasteiger partial charge < -0.3 is 0 Å². The fourth-order valence-corrected chi connectivity index (χ4v) is 2.56. The van der Waals surface area contributed by atoms with Crippen LogP contribution in [0, 0.1) is 19.3 Å². The van der Waals surface area contributed by atoms with Crippen molar-refractivity contribution in [3.63, 3.8) is 0 Å². The van der Waals surface area contributed by atoms with Crippen LogP contribution in [0.15, 0.2) is 24.3 Å². The molecular formula is C15H19N. The Kier molecular flexibility index (Phi) is 3.64. The first-order valence-corrected chi connectivity index (χ1v) is 6.05. The van der Waals surface area contributed by atoms with Crippen LogP contribution < -0.4 is 0 Å². The van der Waals surface area contributed by atoms with Crippen LogP contribution >= 0.6 is 0 Å². The highest BCUT2D eigenvalue weighted by molar-refractivity contribution is 5.25. The van der Waals surface area contributed by atoms with Gasteiger partial charge in [-0.15, -0.1) is 12.3 Å². The average molecular weight is 213 g/mol. The summed E-state index contributed by atoms with van der Waals surface area (Å²) in [5.41, 5.74) is 2.80. The van der Waals surface area contributed by atoms with Gasteiger partial charge in [-0.3, -0.25) is 4.90 Å². The van der Waals surface area contributed by atoms with Gasteiger partial charge in [-0.25, -0.2) is 0 Å². The van der Waals surface area contributed by atoms with E-state index in [4.69, 9.17) is 6.42 Å². The molecule has 0 aliphatic carbocycles. The number of hydrogen-bond acceptors (Lipinski definition) is 1. The highest BCUT2D eigenvalue weighted by Gasteiger charge is 2.24. The molecule has 1 aliphatic heterocycles. The molecule has 84 valence electrons. The van der Waals surface area contributed by atoms with Crippen LogP contribution in [0.5, 0.6) is 0 Å². The fourth-order valence-electron chi connectivity index (χ4n) is 2.56. The Morgan fingerprint density at radius 3 is 3.12 bits per heavy atom. The number of likely N-dealkylation sites (tertiary alicyclic amines) is 1. The molecule has 1 saturated heterocycles. The number of rotatable bonds is 3. The van der Waals surface area contributed by atoms with Crippen molar-refractivity contribution in [1.29, 1.82) is 0 Å². The van der Waals surface area contributed by atoms with Crippen LogP contribution in [-0.4, -0.2) is 18.0 Å². The van der Waals surface area contributed by atoms with Crippen LogP contribution in [0.2, 0.25) is 0 Å². The van der Waals surface area contributed by atoms with Gasteiger partial charge in [-0.05, 0) is 31.9 Å². The summed E-state index contributed by atoms with van der Waals surface area (Å²) >= 11 is 0. The van der Waals surface area contributed by atoms with Crippen LogP contribution in [-0.2, 0) is 0 Å². The summed E-state index contributed by atoms with van der Waals surface area (Å²) in [5, 5.41) is 0. The van der Waals surface area contributed by atoms with Crippen molar-refractivity contribution in [3.8, 4) is 12.3 Å². The molecule has 1 heterocycles. The SMILES string of the molecule is C#CCCN1CCC[C@@H]1c1cccc(C)c1. The summed E-state index contributed by atoms with van der Waals surface area (Å²) in [6.45, 7) is 4.39. The van der Waals surface area contributed by atoms with E-state index >= 15 is 0 Å². The number of terminal acetylenes is 1. The Balaban J connectivity index is 2.11. The molecule has 1 atom stereocenters. The average Bonchev–Trinajstić information content (AvgIpc) is 2.74. The Morgan fingerprint density at radius 2 is 2.38 bits per heavy atom. The molecular weight excluding hydrogens is 194 g/mol. The second-order valence-corrected chi connectivity index (χ2v) is 4.56. The van der Waals surface area contributed by atoms with Gasteiger partial charge >= 0.3 is 0 Å². The number of aryl methyl sites for hydroxylation is 1. The number of nitrogens with zero attached hydrogens (tertiary/aromatic N) is 1. The van der Waals surface area contributed by atoms with E-state index in [1.165, 1.54) is 30.5 Å².